The normalized spacial score (nSPS) is 21.5. The van der Waals surface area contributed by atoms with Crippen LogP contribution in [0.25, 0.3) is 11.8 Å². The Hall–Kier alpha value is -2.82. The second-order valence-corrected chi connectivity index (χ2v) is 8.28. The Kier molecular flexibility index (Phi) is 3.73. The maximum absolute atomic E-state index is 5.88. The molecule has 5 heteroatoms. The molecule has 3 heterocycles. The summed E-state index contributed by atoms with van der Waals surface area (Å²) in [5.74, 6) is 4.07. The average Bonchev–Trinajstić information content (AvgIpc) is 3.17. The summed E-state index contributed by atoms with van der Waals surface area (Å²) in [7, 11) is 3.47. The van der Waals surface area contributed by atoms with Gasteiger partial charge in [-0.2, -0.15) is 0 Å². The molecule has 29 heavy (non-hydrogen) atoms. The van der Waals surface area contributed by atoms with Crippen LogP contribution in [0.15, 0.2) is 24.3 Å². The topological polar surface area (TPSA) is 40.2 Å². The fourth-order valence-corrected chi connectivity index (χ4v) is 5.34. The summed E-state index contributed by atoms with van der Waals surface area (Å²) >= 11 is 0. The lowest BCUT2D eigenvalue weighted by Gasteiger charge is -2.48. The third kappa shape index (κ3) is 2.39. The second kappa shape index (κ2) is 6.34. The van der Waals surface area contributed by atoms with E-state index in [1.54, 1.807) is 14.2 Å². The molecule has 1 atom stereocenters. The van der Waals surface area contributed by atoms with Crippen LogP contribution in [-0.2, 0) is 6.42 Å². The number of methoxy groups -OCH3 is 2. The minimum absolute atomic E-state index is 0.311. The fourth-order valence-electron chi connectivity index (χ4n) is 5.34. The van der Waals surface area contributed by atoms with E-state index in [1.165, 1.54) is 47.2 Å². The predicted molar refractivity (Wildman–Crippen MR) is 110 cm³/mol. The smallest absolute Gasteiger partial charge is 0.231 e. The van der Waals surface area contributed by atoms with Crippen LogP contribution in [0, 0.1) is 5.92 Å². The van der Waals surface area contributed by atoms with Crippen LogP contribution in [0.3, 0.4) is 0 Å². The molecule has 1 fully saturated rings. The molecule has 5 nitrogen and oxygen atoms in total. The highest BCUT2D eigenvalue weighted by Crippen LogP contribution is 2.54. The van der Waals surface area contributed by atoms with Crippen LogP contribution in [0.2, 0.25) is 0 Å². The molecule has 2 aromatic rings. The van der Waals surface area contributed by atoms with Gasteiger partial charge in [-0.05, 0) is 60.6 Å². The fraction of sp³-hybridized carbons (Fsp3) is 0.417. The number of hydrogen-bond acceptors (Lipinski definition) is 5. The standard InChI is InChI=1S/C24H25NO4/c1-26-19-7-6-16-10-18-17-12-21-20(28-13-29-21)11-15(17)8-9-25(18)23(14-4-3-5-14)22(16)24(19)27-2/h6-7,10-12,14,23H,3-5,8-9,13H2,1-2H3/t23-/m0/s1. The minimum atomic E-state index is 0.311. The van der Waals surface area contributed by atoms with E-state index in [4.69, 9.17) is 18.9 Å². The molecule has 2 aromatic carbocycles. The molecular weight excluding hydrogens is 366 g/mol. The van der Waals surface area contributed by atoms with E-state index in [1.807, 2.05) is 6.07 Å². The largest absolute Gasteiger partial charge is 0.493 e. The Morgan fingerprint density at radius 2 is 1.86 bits per heavy atom. The average molecular weight is 391 g/mol. The molecule has 0 saturated heterocycles. The number of rotatable bonds is 3. The summed E-state index contributed by atoms with van der Waals surface area (Å²) in [6, 6.07) is 8.85. The van der Waals surface area contributed by atoms with Crippen LogP contribution in [0.1, 0.15) is 47.6 Å². The highest BCUT2D eigenvalue weighted by Gasteiger charge is 2.42. The van der Waals surface area contributed by atoms with Crippen molar-refractivity contribution in [3.8, 4) is 23.0 Å². The van der Waals surface area contributed by atoms with Crippen molar-refractivity contribution in [2.75, 3.05) is 27.6 Å². The van der Waals surface area contributed by atoms with E-state index >= 15 is 0 Å². The highest BCUT2D eigenvalue weighted by molar-refractivity contribution is 5.88. The number of hydrogen-bond donors (Lipinski definition) is 0. The molecule has 1 aliphatic carbocycles. The number of benzene rings is 2. The highest BCUT2D eigenvalue weighted by atomic mass is 16.7. The molecule has 0 N–H and O–H groups in total. The predicted octanol–water partition coefficient (Wildman–Crippen LogP) is 4.64. The van der Waals surface area contributed by atoms with Crippen LogP contribution >= 0.6 is 0 Å². The molecule has 0 unspecified atom stereocenters. The van der Waals surface area contributed by atoms with Gasteiger partial charge in [-0.25, -0.2) is 0 Å². The van der Waals surface area contributed by atoms with Crippen LogP contribution in [0.5, 0.6) is 23.0 Å². The molecule has 0 radical (unpaired) electrons. The van der Waals surface area contributed by atoms with E-state index in [0.717, 1.165) is 36.0 Å². The van der Waals surface area contributed by atoms with E-state index in [0.29, 0.717) is 18.8 Å². The van der Waals surface area contributed by atoms with Crippen molar-refractivity contribution in [3.05, 3.63) is 46.5 Å². The van der Waals surface area contributed by atoms with Crippen molar-refractivity contribution < 1.29 is 18.9 Å². The van der Waals surface area contributed by atoms with E-state index < -0.39 is 0 Å². The lowest BCUT2D eigenvalue weighted by atomic mass is 9.72. The number of ether oxygens (including phenoxy) is 4. The monoisotopic (exact) mass is 391 g/mol. The van der Waals surface area contributed by atoms with Gasteiger partial charge in [0.05, 0.1) is 20.3 Å². The summed E-state index contributed by atoms with van der Waals surface area (Å²) in [6.07, 6.45) is 7.16. The summed E-state index contributed by atoms with van der Waals surface area (Å²) < 4.78 is 22.8. The number of nitrogens with zero attached hydrogens (tertiary/aromatic N) is 1. The second-order valence-electron chi connectivity index (χ2n) is 8.28. The van der Waals surface area contributed by atoms with Crippen LogP contribution < -0.4 is 18.9 Å². The molecule has 0 bridgehead atoms. The van der Waals surface area contributed by atoms with Crippen molar-refractivity contribution in [1.82, 2.24) is 4.90 Å². The van der Waals surface area contributed by atoms with Crippen molar-refractivity contribution in [2.45, 2.75) is 31.7 Å². The first-order chi connectivity index (χ1) is 14.3. The lowest BCUT2D eigenvalue weighted by molar-refractivity contribution is 0.138. The van der Waals surface area contributed by atoms with Crippen molar-refractivity contribution in [2.24, 2.45) is 5.92 Å². The van der Waals surface area contributed by atoms with E-state index in [-0.39, 0.29) is 0 Å². The molecule has 6 rings (SSSR count). The first kappa shape index (κ1) is 17.1. The maximum atomic E-state index is 5.88. The molecular formula is C24H25NO4. The first-order valence-corrected chi connectivity index (χ1v) is 10.4. The Morgan fingerprint density at radius 3 is 2.59 bits per heavy atom. The van der Waals surface area contributed by atoms with Crippen LogP contribution in [-0.4, -0.2) is 32.5 Å². The molecule has 0 aromatic heterocycles. The van der Waals surface area contributed by atoms with Crippen molar-refractivity contribution >= 4 is 11.8 Å². The molecule has 1 saturated carbocycles. The maximum Gasteiger partial charge on any atom is 0.231 e. The van der Waals surface area contributed by atoms with Gasteiger partial charge in [-0.15, -0.1) is 0 Å². The summed E-state index contributed by atoms with van der Waals surface area (Å²) in [4.78, 5) is 2.60. The zero-order chi connectivity index (χ0) is 19.5. The molecule has 150 valence electrons. The van der Waals surface area contributed by atoms with Gasteiger partial charge in [-0.3, -0.25) is 0 Å². The summed E-state index contributed by atoms with van der Waals surface area (Å²) in [5, 5.41) is 0. The summed E-state index contributed by atoms with van der Waals surface area (Å²) in [6.45, 7) is 1.31. The Bertz CT molecular complexity index is 1020. The Labute approximate surface area is 170 Å². The van der Waals surface area contributed by atoms with Gasteiger partial charge in [0.1, 0.15) is 0 Å². The molecule has 0 amide bonds. The molecule has 4 aliphatic rings. The third-order valence-corrected chi connectivity index (χ3v) is 6.94. The van der Waals surface area contributed by atoms with Gasteiger partial charge in [0.25, 0.3) is 0 Å². The molecule has 0 spiro atoms. The zero-order valence-electron chi connectivity index (χ0n) is 16.9. The third-order valence-electron chi connectivity index (χ3n) is 6.94. The quantitative estimate of drug-likeness (QED) is 0.762. The first-order valence-electron chi connectivity index (χ1n) is 10.4. The Morgan fingerprint density at radius 1 is 1.03 bits per heavy atom. The zero-order valence-corrected chi connectivity index (χ0v) is 16.9. The van der Waals surface area contributed by atoms with Gasteiger partial charge in [0.15, 0.2) is 23.0 Å². The molecule has 3 aliphatic heterocycles. The van der Waals surface area contributed by atoms with Gasteiger partial charge in [-0.1, -0.05) is 12.5 Å². The van der Waals surface area contributed by atoms with Gasteiger partial charge in [0, 0.05) is 23.4 Å². The van der Waals surface area contributed by atoms with Crippen LogP contribution in [0.4, 0.5) is 0 Å². The minimum Gasteiger partial charge on any atom is -0.493 e. The van der Waals surface area contributed by atoms with Crippen molar-refractivity contribution in [3.63, 3.8) is 0 Å². The van der Waals surface area contributed by atoms with Gasteiger partial charge >= 0.3 is 0 Å². The van der Waals surface area contributed by atoms with E-state index in [2.05, 4.69) is 29.2 Å². The van der Waals surface area contributed by atoms with Crippen molar-refractivity contribution in [1.29, 1.82) is 0 Å². The summed E-state index contributed by atoms with van der Waals surface area (Å²) in [5.41, 5.74) is 6.42. The SMILES string of the molecule is COc1ccc2c(c1OC)[C@H](C1CCC1)N1CCc3cc4c(cc3C1=C2)OCO4. The lowest BCUT2D eigenvalue weighted by Crippen LogP contribution is -2.41. The van der Waals surface area contributed by atoms with Gasteiger partial charge in [0.2, 0.25) is 6.79 Å². The Balaban J connectivity index is 1.56. The van der Waals surface area contributed by atoms with E-state index in [9.17, 15) is 0 Å². The number of fused-ring (bicyclic) bond motifs is 5. The van der Waals surface area contributed by atoms with Gasteiger partial charge < -0.3 is 23.8 Å².